The van der Waals surface area contributed by atoms with Crippen molar-refractivity contribution in [3.05, 3.63) is 34.9 Å². The Balaban J connectivity index is 1.15. The number of aliphatic hydroxyl groups is 1. The molecule has 0 bridgehead atoms. The largest absolute Gasteiger partial charge is 0.453 e. The quantitative estimate of drug-likeness (QED) is 0.170. The van der Waals surface area contributed by atoms with Gasteiger partial charge in [-0.15, -0.1) is 0 Å². The van der Waals surface area contributed by atoms with E-state index in [2.05, 4.69) is 32.0 Å². The molecular weight excluding hydrogens is 531 g/mol. The number of aliphatic hydroxyl groups excluding tert-OH is 1. The Morgan fingerprint density at radius 3 is 2.27 bits per heavy atom. The summed E-state index contributed by atoms with van der Waals surface area (Å²) < 4.78 is 63.0. The molecule has 0 aliphatic heterocycles. The van der Waals surface area contributed by atoms with Gasteiger partial charge in [0.2, 0.25) is 0 Å². The van der Waals surface area contributed by atoms with Gasteiger partial charge in [0, 0.05) is 6.42 Å². The lowest BCUT2D eigenvalue weighted by Gasteiger charge is -2.53. The van der Waals surface area contributed by atoms with Crippen molar-refractivity contribution in [3.63, 3.8) is 0 Å². The molecule has 2 fully saturated rings. The standard InChI is InChI=1S/C35H53F5O/c1-24(13-11-20-34(36,37)35(38,39)40)12-9-7-5-4-6-8-10-14-26-23-27-22-25(2)15-16-28(27)29-19-21-33(3)30(32(26)29)17-18-31(33)41/h15-16,22,24,26,29-32,41H,4-14,17-21,23H2,1-3H3/t24?,26-,29?,30?,31+,32?,33+/m1/s1. The minimum atomic E-state index is -5.43. The van der Waals surface area contributed by atoms with Gasteiger partial charge in [0.15, 0.2) is 0 Å². The van der Waals surface area contributed by atoms with Crippen molar-refractivity contribution in [3.8, 4) is 0 Å². The van der Waals surface area contributed by atoms with Gasteiger partial charge < -0.3 is 5.11 Å². The van der Waals surface area contributed by atoms with Crippen LogP contribution in [0.4, 0.5) is 22.0 Å². The molecule has 1 N–H and O–H groups in total. The van der Waals surface area contributed by atoms with Crippen LogP contribution in [0.15, 0.2) is 18.2 Å². The van der Waals surface area contributed by atoms with Gasteiger partial charge >= 0.3 is 12.1 Å². The smallest absolute Gasteiger partial charge is 0.393 e. The third-order valence-electron chi connectivity index (χ3n) is 11.4. The molecule has 0 spiro atoms. The lowest BCUT2D eigenvalue weighted by atomic mass is 9.52. The number of aryl methyl sites for hydroxylation is 1. The zero-order valence-electron chi connectivity index (χ0n) is 25.6. The highest BCUT2D eigenvalue weighted by molar-refractivity contribution is 5.38. The van der Waals surface area contributed by atoms with E-state index < -0.39 is 18.5 Å². The molecule has 0 aromatic heterocycles. The van der Waals surface area contributed by atoms with Crippen molar-refractivity contribution in [2.45, 2.75) is 154 Å². The van der Waals surface area contributed by atoms with E-state index in [1.54, 1.807) is 11.1 Å². The fourth-order valence-electron chi connectivity index (χ4n) is 8.92. The van der Waals surface area contributed by atoms with Crippen LogP contribution in [-0.2, 0) is 6.42 Å². The number of benzene rings is 1. The average molecular weight is 585 g/mol. The summed E-state index contributed by atoms with van der Waals surface area (Å²) in [5.41, 5.74) is 4.61. The molecule has 4 rings (SSSR count). The number of unbranched alkanes of at least 4 members (excludes halogenated alkanes) is 6. The third-order valence-corrected chi connectivity index (χ3v) is 11.4. The second-order valence-electron chi connectivity index (χ2n) is 14.3. The predicted octanol–water partition coefficient (Wildman–Crippen LogP) is 11.0. The molecule has 41 heavy (non-hydrogen) atoms. The van der Waals surface area contributed by atoms with Crippen LogP contribution in [0.5, 0.6) is 0 Å². The molecule has 3 aliphatic carbocycles. The first-order chi connectivity index (χ1) is 19.3. The maximum Gasteiger partial charge on any atom is 0.453 e. The van der Waals surface area contributed by atoms with Crippen molar-refractivity contribution >= 4 is 0 Å². The first-order valence-electron chi connectivity index (χ1n) is 16.6. The highest BCUT2D eigenvalue weighted by Crippen LogP contribution is 2.62. The van der Waals surface area contributed by atoms with Crippen LogP contribution in [0, 0.1) is 36.0 Å². The molecule has 234 valence electrons. The minimum absolute atomic E-state index is 0.0813. The van der Waals surface area contributed by atoms with Crippen LogP contribution >= 0.6 is 0 Å². The highest BCUT2D eigenvalue weighted by Gasteiger charge is 2.57. The number of hydrogen-bond donors (Lipinski definition) is 1. The molecule has 0 amide bonds. The lowest BCUT2D eigenvalue weighted by Crippen LogP contribution is -2.47. The molecule has 0 heterocycles. The van der Waals surface area contributed by atoms with E-state index in [1.165, 1.54) is 56.9 Å². The summed E-state index contributed by atoms with van der Waals surface area (Å²) in [4.78, 5) is 0. The maximum absolute atomic E-state index is 13.1. The van der Waals surface area contributed by atoms with Crippen molar-refractivity contribution < 1.29 is 27.1 Å². The van der Waals surface area contributed by atoms with E-state index in [0.29, 0.717) is 30.1 Å². The molecule has 0 radical (unpaired) electrons. The first kappa shape index (κ1) is 32.7. The molecular formula is C35H53F5O. The van der Waals surface area contributed by atoms with E-state index in [4.69, 9.17) is 0 Å². The summed E-state index contributed by atoms with van der Waals surface area (Å²) in [7, 11) is 0. The average Bonchev–Trinajstić information content (AvgIpc) is 3.20. The molecule has 3 aliphatic rings. The minimum Gasteiger partial charge on any atom is -0.393 e. The number of halogens is 5. The summed E-state index contributed by atoms with van der Waals surface area (Å²) in [5.74, 6) is -1.68. The monoisotopic (exact) mass is 584 g/mol. The Kier molecular flexibility index (Phi) is 10.9. The molecule has 1 aromatic carbocycles. The van der Waals surface area contributed by atoms with Gasteiger partial charge in [-0.2, -0.15) is 22.0 Å². The number of hydrogen-bond acceptors (Lipinski definition) is 1. The van der Waals surface area contributed by atoms with Crippen LogP contribution < -0.4 is 0 Å². The molecule has 2 saturated carbocycles. The summed E-state index contributed by atoms with van der Waals surface area (Å²) in [6, 6.07) is 7.11. The van der Waals surface area contributed by atoms with Crippen LogP contribution in [0.3, 0.4) is 0 Å². The van der Waals surface area contributed by atoms with E-state index >= 15 is 0 Å². The molecule has 7 atom stereocenters. The second-order valence-corrected chi connectivity index (χ2v) is 14.3. The van der Waals surface area contributed by atoms with Crippen molar-refractivity contribution in [2.24, 2.45) is 29.1 Å². The molecule has 4 unspecified atom stereocenters. The molecule has 0 saturated heterocycles. The Bertz CT molecular complexity index is 974. The summed E-state index contributed by atoms with van der Waals surface area (Å²) in [6.07, 6.45) is 9.78. The number of rotatable bonds is 14. The fraction of sp³-hybridized carbons (Fsp3) is 0.829. The second kappa shape index (κ2) is 13.6. The zero-order valence-corrected chi connectivity index (χ0v) is 25.6. The Morgan fingerprint density at radius 2 is 1.56 bits per heavy atom. The summed E-state index contributed by atoms with van der Waals surface area (Å²) in [5, 5.41) is 10.9. The molecule has 1 nitrogen and oxygen atoms in total. The Labute approximate surface area is 245 Å². The lowest BCUT2D eigenvalue weighted by molar-refractivity contribution is -0.284. The maximum atomic E-state index is 13.1. The van der Waals surface area contributed by atoms with E-state index in [0.717, 1.165) is 38.5 Å². The molecule has 6 heteroatoms. The van der Waals surface area contributed by atoms with Gasteiger partial charge in [-0.25, -0.2) is 0 Å². The molecule has 1 aromatic rings. The van der Waals surface area contributed by atoms with E-state index in [-0.39, 0.29) is 23.9 Å². The number of alkyl halides is 5. The Hall–Kier alpha value is -1.17. The van der Waals surface area contributed by atoms with Crippen molar-refractivity contribution in [1.29, 1.82) is 0 Å². The summed E-state index contributed by atoms with van der Waals surface area (Å²) >= 11 is 0. The van der Waals surface area contributed by atoms with E-state index in [1.807, 2.05) is 6.92 Å². The van der Waals surface area contributed by atoms with Crippen LogP contribution in [0.1, 0.15) is 139 Å². The van der Waals surface area contributed by atoms with Crippen LogP contribution in [0.25, 0.3) is 0 Å². The van der Waals surface area contributed by atoms with Gasteiger partial charge in [0.1, 0.15) is 0 Å². The van der Waals surface area contributed by atoms with Crippen LogP contribution in [-0.4, -0.2) is 23.3 Å². The highest BCUT2D eigenvalue weighted by atomic mass is 19.4. The van der Waals surface area contributed by atoms with Gasteiger partial charge in [-0.1, -0.05) is 95.4 Å². The first-order valence-corrected chi connectivity index (χ1v) is 16.6. The topological polar surface area (TPSA) is 20.2 Å². The van der Waals surface area contributed by atoms with Gasteiger partial charge in [0.25, 0.3) is 0 Å². The third kappa shape index (κ3) is 7.68. The summed E-state index contributed by atoms with van der Waals surface area (Å²) in [6.45, 7) is 6.52. The van der Waals surface area contributed by atoms with Gasteiger partial charge in [-0.05, 0) is 98.0 Å². The van der Waals surface area contributed by atoms with Crippen molar-refractivity contribution in [2.75, 3.05) is 0 Å². The fourth-order valence-corrected chi connectivity index (χ4v) is 8.92. The number of fused-ring (bicyclic) bond motifs is 5. The normalized spacial score (nSPS) is 30.5. The van der Waals surface area contributed by atoms with Gasteiger partial charge in [-0.3, -0.25) is 0 Å². The zero-order chi connectivity index (χ0) is 29.8. The van der Waals surface area contributed by atoms with E-state index in [9.17, 15) is 27.1 Å². The van der Waals surface area contributed by atoms with Gasteiger partial charge in [0.05, 0.1) is 6.10 Å². The predicted molar refractivity (Wildman–Crippen MR) is 156 cm³/mol. The SMILES string of the molecule is Cc1ccc2c(c1)C[C@@H](CCCCCCCCCC(C)CCCC(F)(F)C(F)(F)F)C1C2CC[C@@]2(C)C1CC[C@@H]2O. The van der Waals surface area contributed by atoms with Crippen molar-refractivity contribution in [1.82, 2.24) is 0 Å². The Morgan fingerprint density at radius 1 is 0.902 bits per heavy atom. The van der Waals surface area contributed by atoms with Crippen LogP contribution in [0.2, 0.25) is 0 Å².